The first-order valence-corrected chi connectivity index (χ1v) is 8.12. The third-order valence-corrected chi connectivity index (χ3v) is 4.62. The first kappa shape index (κ1) is 15.5. The van der Waals surface area contributed by atoms with Crippen molar-refractivity contribution in [2.45, 2.75) is 26.8 Å². The third kappa shape index (κ3) is 2.89. The van der Waals surface area contributed by atoms with Crippen molar-refractivity contribution in [2.75, 3.05) is 0 Å². The van der Waals surface area contributed by atoms with Crippen molar-refractivity contribution in [3.05, 3.63) is 32.1 Å². The van der Waals surface area contributed by atoms with Crippen LogP contribution in [0.2, 0.25) is 5.02 Å². The van der Waals surface area contributed by atoms with Gasteiger partial charge in [-0.1, -0.05) is 11.6 Å². The quantitative estimate of drug-likeness (QED) is 0.593. The molecule has 116 valence electrons. The molecule has 0 spiro atoms. The summed E-state index contributed by atoms with van der Waals surface area (Å²) >= 11 is 8.33. The molecule has 3 aromatic heterocycles. The van der Waals surface area contributed by atoms with Gasteiger partial charge in [0.2, 0.25) is 5.89 Å². The van der Waals surface area contributed by atoms with Crippen LogP contribution in [0.1, 0.15) is 17.3 Å². The van der Waals surface area contributed by atoms with E-state index in [2.05, 4.69) is 43.0 Å². The van der Waals surface area contributed by atoms with Crippen molar-refractivity contribution in [2.24, 2.45) is 7.05 Å². The Kier molecular flexibility index (Phi) is 4.22. The molecule has 7 nitrogen and oxygen atoms in total. The highest BCUT2D eigenvalue weighted by molar-refractivity contribution is 14.1. The number of rotatable bonds is 4. The first-order chi connectivity index (χ1) is 10.5. The third-order valence-electron chi connectivity index (χ3n) is 3.28. The summed E-state index contributed by atoms with van der Waals surface area (Å²) in [6.45, 7) is 4.47. The lowest BCUT2D eigenvalue weighted by molar-refractivity contribution is 0.470. The monoisotopic (exact) mass is 432 g/mol. The molecule has 0 amide bonds. The van der Waals surface area contributed by atoms with Crippen LogP contribution in [-0.2, 0) is 20.0 Å². The molecule has 0 saturated heterocycles. The van der Waals surface area contributed by atoms with Gasteiger partial charge in [0.05, 0.1) is 20.0 Å². The van der Waals surface area contributed by atoms with E-state index in [9.17, 15) is 0 Å². The molecule has 0 saturated carbocycles. The van der Waals surface area contributed by atoms with E-state index in [1.807, 2.05) is 31.8 Å². The van der Waals surface area contributed by atoms with Gasteiger partial charge in [-0.3, -0.25) is 9.36 Å². The second-order valence-corrected chi connectivity index (χ2v) is 6.50. The minimum Gasteiger partial charge on any atom is -0.419 e. The fraction of sp³-hybridized carbons (Fsp3) is 0.385. The zero-order valence-corrected chi connectivity index (χ0v) is 15.3. The maximum Gasteiger partial charge on any atom is 0.269 e. The van der Waals surface area contributed by atoms with Crippen LogP contribution in [-0.4, -0.2) is 29.8 Å². The molecule has 0 unspecified atom stereocenters. The van der Waals surface area contributed by atoms with Crippen LogP contribution in [0.5, 0.6) is 0 Å². The molecular formula is C13H14ClIN6O. The van der Waals surface area contributed by atoms with Gasteiger partial charge in [-0.25, -0.2) is 0 Å². The van der Waals surface area contributed by atoms with Crippen molar-refractivity contribution in [3.63, 3.8) is 0 Å². The summed E-state index contributed by atoms with van der Waals surface area (Å²) in [6.07, 6.45) is 2.49. The van der Waals surface area contributed by atoms with Crippen molar-refractivity contribution < 1.29 is 4.42 Å². The molecule has 0 aromatic carbocycles. The molecule has 0 atom stereocenters. The minimum absolute atomic E-state index is 0.436. The largest absolute Gasteiger partial charge is 0.419 e. The molecule has 3 heterocycles. The van der Waals surface area contributed by atoms with E-state index in [-0.39, 0.29) is 0 Å². The van der Waals surface area contributed by atoms with E-state index in [1.165, 1.54) is 0 Å². The lowest BCUT2D eigenvalue weighted by atomic mass is 10.4. The molecule has 0 aliphatic heterocycles. The van der Waals surface area contributed by atoms with Gasteiger partial charge in [0.25, 0.3) is 5.89 Å². The highest BCUT2D eigenvalue weighted by atomic mass is 127. The molecular weight excluding hydrogens is 419 g/mol. The van der Waals surface area contributed by atoms with Crippen molar-refractivity contribution in [1.29, 1.82) is 0 Å². The van der Waals surface area contributed by atoms with Crippen LogP contribution >= 0.6 is 34.2 Å². The van der Waals surface area contributed by atoms with Crippen molar-refractivity contribution in [3.8, 4) is 11.6 Å². The Morgan fingerprint density at radius 2 is 2.05 bits per heavy atom. The van der Waals surface area contributed by atoms with Crippen LogP contribution in [0.15, 0.2) is 10.6 Å². The summed E-state index contributed by atoms with van der Waals surface area (Å²) in [6, 6.07) is 0. The summed E-state index contributed by atoms with van der Waals surface area (Å²) in [5.74, 6) is 0.992. The molecule has 0 radical (unpaired) electrons. The van der Waals surface area contributed by atoms with Crippen LogP contribution < -0.4 is 0 Å². The fourth-order valence-electron chi connectivity index (χ4n) is 2.15. The summed E-state index contributed by atoms with van der Waals surface area (Å²) in [5.41, 5.74) is 2.47. The predicted molar refractivity (Wildman–Crippen MR) is 89.6 cm³/mol. The normalized spacial score (nSPS) is 11.3. The van der Waals surface area contributed by atoms with Gasteiger partial charge in [-0.05, 0) is 36.4 Å². The van der Waals surface area contributed by atoms with Crippen molar-refractivity contribution in [1.82, 2.24) is 29.8 Å². The van der Waals surface area contributed by atoms with Gasteiger partial charge < -0.3 is 4.42 Å². The molecule has 0 aliphatic carbocycles. The van der Waals surface area contributed by atoms with Gasteiger partial charge in [0.15, 0.2) is 5.69 Å². The Hall–Kier alpha value is -1.42. The Labute approximate surface area is 145 Å². The fourth-order valence-corrected chi connectivity index (χ4v) is 3.03. The summed E-state index contributed by atoms with van der Waals surface area (Å²) < 4.78 is 10.2. The van der Waals surface area contributed by atoms with Gasteiger partial charge in [-0.15, -0.1) is 10.2 Å². The summed E-state index contributed by atoms with van der Waals surface area (Å²) in [4.78, 5) is 0. The lowest BCUT2D eigenvalue weighted by Gasteiger charge is -2.01. The molecule has 0 aliphatic rings. The minimum atomic E-state index is 0.436. The highest BCUT2D eigenvalue weighted by Gasteiger charge is 2.16. The molecule has 9 heteroatoms. The average molecular weight is 433 g/mol. The molecule has 0 bridgehead atoms. The second kappa shape index (κ2) is 5.99. The zero-order valence-electron chi connectivity index (χ0n) is 12.3. The highest BCUT2D eigenvalue weighted by Crippen LogP contribution is 2.23. The Morgan fingerprint density at radius 1 is 1.27 bits per heavy atom. The molecule has 0 N–H and O–H groups in total. The van der Waals surface area contributed by atoms with Gasteiger partial charge >= 0.3 is 0 Å². The smallest absolute Gasteiger partial charge is 0.269 e. The molecule has 0 fully saturated rings. The first-order valence-electron chi connectivity index (χ1n) is 6.67. The predicted octanol–water partition coefficient (Wildman–Crippen LogP) is 2.78. The topological polar surface area (TPSA) is 74.6 Å². The number of nitrogens with zero attached hydrogens (tertiary/aromatic N) is 6. The number of aryl methyl sites for hydroxylation is 4. The Balaban J connectivity index is 1.75. The van der Waals surface area contributed by atoms with E-state index in [4.69, 9.17) is 16.0 Å². The van der Waals surface area contributed by atoms with Crippen LogP contribution in [0.25, 0.3) is 11.6 Å². The van der Waals surface area contributed by atoms with E-state index in [1.54, 1.807) is 4.68 Å². The average Bonchev–Trinajstić information content (AvgIpc) is 3.12. The number of hydrogen-bond acceptors (Lipinski definition) is 5. The SMILES string of the molecule is Cc1nn(CCc2nnc(-c3nn(C)cc3I)o2)c(C)c1Cl. The van der Waals surface area contributed by atoms with Gasteiger partial charge in [0, 0.05) is 26.2 Å². The molecule has 3 aromatic rings. The van der Waals surface area contributed by atoms with Gasteiger partial charge in [-0.2, -0.15) is 10.2 Å². The Morgan fingerprint density at radius 3 is 2.64 bits per heavy atom. The van der Waals surface area contributed by atoms with Crippen LogP contribution in [0.3, 0.4) is 0 Å². The van der Waals surface area contributed by atoms with E-state index in [0.717, 1.165) is 15.0 Å². The van der Waals surface area contributed by atoms with Crippen LogP contribution in [0, 0.1) is 17.4 Å². The number of halogens is 2. The molecule has 22 heavy (non-hydrogen) atoms. The van der Waals surface area contributed by atoms with Crippen molar-refractivity contribution >= 4 is 34.2 Å². The standard InChI is InChI=1S/C13H14ClIN6O/c1-7-11(14)8(2)21(18-7)5-4-10-16-17-13(22-10)12-9(15)6-20(3)19-12/h6H,4-5H2,1-3H3. The summed E-state index contributed by atoms with van der Waals surface area (Å²) in [7, 11) is 1.86. The van der Waals surface area contributed by atoms with E-state index < -0.39 is 0 Å². The second-order valence-electron chi connectivity index (χ2n) is 4.96. The zero-order chi connectivity index (χ0) is 15.9. The maximum absolute atomic E-state index is 6.14. The Bertz CT molecular complexity index is 821. The lowest BCUT2D eigenvalue weighted by Crippen LogP contribution is -2.05. The van der Waals surface area contributed by atoms with E-state index in [0.29, 0.717) is 35.5 Å². The summed E-state index contributed by atoms with van der Waals surface area (Å²) in [5, 5.41) is 17.5. The number of hydrogen-bond donors (Lipinski definition) is 0. The van der Waals surface area contributed by atoms with Gasteiger partial charge in [0.1, 0.15) is 0 Å². The molecule has 3 rings (SSSR count). The number of aromatic nitrogens is 6. The van der Waals surface area contributed by atoms with E-state index >= 15 is 0 Å². The van der Waals surface area contributed by atoms with Crippen LogP contribution in [0.4, 0.5) is 0 Å². The maximum atomic E-state index is 6.14.